The van der Waals surface area contributed by atoms with Gasteiger partial charge in [-0.1, -0.05) is 29.3 Å². The van der Waals surface area contributed by atoms with Crippen LogP contribution in [0.25, 0.3) is 0 Å². The first kappa shape index (κ1) is 12.4. The predicted molar refractivity (Wildman–Crippen MR) is 71.3 cm³/mol. The van der Waals surface area contributed by atoms with Gasteiger partial charge in [0.2, 0.25) is 0 Å². The van der Waals surface area contributed by atoms with E-state index < -0.39 is 0 Å². The standard InChI is InChI=1S/C13H12Cl2N2/c14-10-4-5-11(15)9(7-10)8-12(16)13-3-1-2-6-17-13/h1-7,12H,8,16H2. The first-order chi connectivity index (χ1) is 8.16. The van der Waals surface area contributed by atoms with Crippen molar-refractivity contribution in [1.82, 2.24) is 4.98 Å². The first-order valence-electron chi connectivity index (χ1n) is 5.27. The summed E-state index contributed by atoms with van der Waals surface area (Å²) in [5, 5.41) is 1.35. The van der Waals surface area contributed by atoms with Crippen LogP contribution in [-0.2, 0) is 6.42 Å². The zero-order valence-electron chi connectivity index (χ0n) is 9.11. The zero-order valence-corrected chi connectivity index (χ0v) is 10.6. The molecule has 0 aliphatic heterocycles. The largest absolute Gasteiger partial charge is 0.322 e. The minimum atomic E-state index is -0.174. The molecule has 1 unspecified atom stereocenters. The number of pyridine rings is 1. The number of nitrogens with zero attached hydrogens (tertiary/aromatic N) is 1. The summed E-state index contributed by atoms with van der Waals surface area (Å²) in [6, 6.07) is 10.9. The van der Waals surface area contributed by atoms with E-state index in [1.54, 1.807) is 18.3 Å². The van der Waals surface area contributed by atoms with Crippen LogP contribution in [0, 0.1) is 0 Å². The molecule has 88 valence electrons. The van der Waals surface area contributed by atoms with Crippen LogP contribution in [-0.4, -0.2) is 4.98 Å². The monoisotopic (exact) mass is 266 g/mol. The molecule has 0 radical (unpaired) electrons. The van der Waals surface area contributed by atoms with Crippen LogP contribution in [0.15, 0.2) is 42.6 Å². The third kappa shape index (κ3) is 3.19. The summed E-state index contributed by atoms with van der Waals surface area (Å²) in [7, 11) is 0. The average Bonchev–Trinajstić information content (AvgIpc) is 2.35. The second kappa shape index (κ2) is 5.50. The van der Waals surface area contributed by atoms with Crippen molar-refractivity contribution in [2.24, 2.45) is 5.73 Å². The van der Waals surface area contributed by atoms with Crippen molar-refractivity contribution in [2.45, 2.75) is 12.5 Å². The molecule has 2 rings (SSSR count). The Hall–Kier alpha value is -1.09. The molecule has 1 heterocycles. The molecule has 2 N–H and O–H groups in total. The molecular formula is C13H12Cl2N2. The van der Waals surface area contributed by atoms with Gasteiger partial charge in [-0.25, -0.2) is 0 Å². The molecule has 0 aliphatic carbocycles. The SMILES string of the molecule is NC(Cc1cc(Cl)ccc1Cl)c1ccccn1. The number of hydrogen-bond acceptors (Lipinski definition) is 2. The molecule has 0 saturated heterocycles. The fourth-order valence-corrected chi connectivity index (χ4v) is 2.03. The summed E-state index contributed by atoms with van der Waals surface area (Å²) in [6.07, 6.45) is 2.35. The van der Waals surface area contributed by atoms with Crippen molar-refractivity contribution in [3.8, 4) is 0 Å². The average molecular weight is 267 g/mol. The number of hydrogen-bond donors (Lipinski definition) is 1. The third-order valence-corrected chi connectivity index (χ3v) is 3.12. The van der Waals surface area contributed by atoms with Crippen molar-refractivity contribution < 1.29 is 0 Å². The van der Waals surface area contributed by atoms with Crippen LogP contribution >= 0.6 is 23.2 Å². The fraction of sp³-hybridized carbons (Fsp3) is 0.154. The normalized spacial score (nSPS) is 12.4. The Morgan fingerprint density at radius 1 is 1.18 bits per heavy atom. The molecule has 2 aromatic rings. The molecular weight excluding hydrogens is 255 g/mol. The Morgan fingerprint density at radius 2 is 2.00 bits per heavy atom. The van der Waals surface area contributed by atoms with Gasteiger partial charge in [-0.3, -0.25) is 4.98 Å². The first-order valence-corrected chi connectivity index (χ1v) is 6.03. The Labute approximate surface area is 110 Å². The van der Waals surface area contributed by atoms with E-state index in [1.165, 1.54) is 0 Å². The van der Waals surface area contributed by atoms with E-state index in [9.17, 15) is 0 Å². The second-order valence-corrected chi connectivity index (χ2v) is 4.64. The second-order valence-electron chi connectivity index (χ2n) is 3.80. The summed E-state index contributed by atoms with van der Waals surface area (Å²) < 4.78 is 0. The van der Waals surface area contributed by atoms with E-state index in [0.717, 1.165) is 11.3 Å². The maximum Gasteiger partial charge on any atom is 0.0574 e. The van der Waals surface area contributed by atoms with E-state index in [1.807, 2.05) is 24.3 Å². The Kier molecular flexibility index (Phi) is 4.00. The molecule has 1 atom stereocenters. The smallest absolute Gasteiger partial charge is 0.0574 e. The summed E-state index contributed by atoms with van der Waals surface area (Å²) in [5.41, 5.74) is 7.87. The number of aromatic nitrogens is 1. The summed E-state index contributed by atoms with van der Waals surface area (Å²) in [4.78, 5) is 4.23. The fourth-order valence-electron chi connectivity index (χ4n) is 1.64. The Morgan fingerprint density at radius 3 is 2.71 bits per heavy atom. The maximum atomic E-state index is 6.09. The topological polar surface area (TPSA) is 38.9 Å². The molecule has 2 nitrogen and oxygen atoms in total. The number of halogens is 2. The lowest BCUT2D eigenvalue weighted by Crippen LogP contribution is -2.14. The summed E-state index contributed by atoms with van der Waals surface area (Å²) in [6.45, 7) is 0. The van der Waals surface area contributed by atoms with Gasteiger partial charge in [0.25, 0.3) is 0 Å². The third-order valence-electron chi connectivity index (χ3n) is 2.52. The van der Waals surface area contributed by atoms with Gasteiger partial charge in [0, 0.05) is 16.2 Å². The highest BCUT2D eigenvalue weighted by Gasteiger charge is 2.10. The van der Waals surface area contributed by atoms with Crippen molar-refractivity contribution in [1.29, 1.82) is 0 Å². The minimum absolute atomic E-state index is 0.174. The lowest BCUT2D eigenvalue weighted by molar-refractivity contribution is 0.696. The molecule has 0 aliphatic rings. The molecule has 1 aromatic heterocycles. The number of nitrogens with two attached hydrogens (primary N) is 1. The van der Waals surface area contributed by atoms with Gasteiger partial charge in [-0.15, -0.1) is 0 Å². The quantitative estimate of drug-likeness (QED) is 0.922. The molecule has 1 aromatic carbocycles. The lowest BCUT2D eigenvalue weighted by atomic mass is 10.0. The summed E-state index contributed by atoms with van der Waals surface area (Å²) >= 11 is 12.0. The minimum Gasteiger partial charge on any atom is -0.322 e. The van der Waals surface area contributed by atoms with Crippen LogP contribution in [0.5, 0.6) is 0 Å². The number of rotatable bonds is 3. The Bertz CT molecular complexity index is 500. The van der Waals surface area contributed by atoms with Crippen molar-refractivity contribution in [3.63, 3.8) is 0 Å². The van der Waals surface area contributed by atoms with E-state index in [-0.39, 0.29) is 6.04 Å². The highest BCUT2D eigenvalue weighted by molar-refractivity contribution is 6.33. The van der Waals surface area contributed by atoms with Crippen molar-refractivity contribution >= 4 is 23.2 Å². The highest BCUT2D eigenvalue weighted by atomic mass is 35.5. The van der Waals surface area contributed by atoms with E-state index >= 15 is 0 Å². The van der Waals surface area contributed by atoms with Gasteiger partial charge < -0.3 is 5.73 Å². The van der Waals surface area contributed by atoms with E-state index in [2.05, 4.69) is 4.98 Å². The van der Waals surface area contributed by atoms with Gasteiger partial charge in [-0.05, 0) is 42.3 Å². The predicted octanol–water partition coefficient (Wildman–Crippen LogP) is 3.63. The van der Waals surface area contributed by atoms with Crippen LogP contribution < -0.4 is 5.73 Å². The van der Waals surface area contributed by atoms with E-state index in [0.29, 0.717) is 16.5 Å². The van der Waals surface area contributed by atoms with Gasteiger partial charge in [0.15, 0.2) is 0 Å². The Balaban J connectivity index is 2.18. The molecule has 0 saturated carbocycles. The highest BCUT2D eigenvalue weighted by Crippen LogP contribution is 2.24. The van der Waals surface area contributed by atoms with Gasteiger partial charge in [0.05, 0.1) is 11.7 Å². The van der Waals surface area contributed by atoms with Crippen LogP contribution in [0.3, 0.4) is 0 Å². The zero-order chi connectivity index (χ0) is 12.3. The van der Waals surface area contributed by atoms with Crippen LogP contribution in [0.1, 0.15) is 17.3 Å². The molecule has 0 spiro atoms. The lowest BCUT2D eigenvalue weighted by Gasteiger charge is -2.12. The molecule has 0 fully saturated rings. The van der Waals surface area contributed by atoms with Crippen molar-refractivity contribution in [3.05, 3.63) is 63.9 Å². The van der Waals surface area contributed by atoms with Crippen molar-refractivity contribution in [2.75, 3.05) is 0 Å². The number of benzene rings is 1. The van der Waals surface area contributed by atoms with Crippen LogP contribution in [0.4, 0.5) is 0 Å². The molecule has 0 bridgehead atoms. The van der Waals surface area contributed by atoms with Crippen LogP contribution in [0.2, 0.25) is 10.0 Å². The van der Waals surface area contributed by atoms with E-state index in [4.69, 9.17) is 28.9 Å². The summed E-state index contributed by atoms with van der Waals surface area (Å²) in [5.74, 6) is 0. The van der Waals surface area contributed by atoms with Gasteiger partial charge in [-0.2, -0.15) is 0 Å². The van der Waals surface area contributed by atoms with Gasteiger partial charge >= 0.3 is 0 Å². The maximum absolute atomic E-state index is 6.09. The van der Waals surface area contributed by atoms with Gasteiger partial charge in [0.1, 0.15) is 0 Å². The molecule has 4 heteroatoms. The molecule has 0 amide bonds. The molecule has 17 heavy (non-hydrogen) atoms.